The highest BCUT2D eigenvalue weighted by atomic mass is 13.7. The Morgan fingerprint density at radius 2 is 0.500 bits per heavy atom. The highest BCUT2D eigenvalue weighted by Gasteiger charge is 1.65. The standard InChI is InChI=1S/C8H8.C2H2/c1-2-4-6-8-7-5-3-1;1-2/h1-8H;1-2H/b2-1-,3-1?,4-2?,5-3-,6-4-,7-5?,8-6?,8-7-;. The molecule has 0 aromatic carbocycles. The Hall–Kier alpha value is -1.48. The molecule has 0 unspecified atom stereocenters. The van der Waals surface area contributed by atoms with Gasteiger partial charge in [-0.15, -0.1) is 12.8 Å². The van der Waals surface area contributed by atoms with Gasteiger partial charge in [0, 0.05) is 0 Å². The first-order valence-electron chi connectivity index (χ1n) is 3.00. The Kier molecular flexibility index (Phi) is 6.41. The third-order valence-electron chi connectivity index (χ3n) is 0.889. The van der Waals surface area contributed by atoms with E-state index in [9.17, 15) is 0 Å². The third-order valence-corrected chi connectivity index (χ3v) is 0.889. The fraction of sp³-hybridized carbons (Fsp3) is 0. The van der Waals surface area contributed by atoms with Crippen molar-refractivity contribution >= 4 is 0 Å². The van der Waals surface area contributed by atoms with Crippen LogP contribution in [0.3, 0.4) is 0 Å². The average molecular weight is 130 g/mol. The molecule has 0 saturated carbocycles. The van der Waals surface area contributed by atoms with Gasteiger partial charge >= 0.3 is 0 Å². The Labute approximate surface area is 62.3 Å². The second kappa shape index (κ2) is 7.52. The predicted octanol–water partition coefficient (Wildman–Crippen LogP) is 2.47. The Morgan fingerprint density at radius 3 is 0.600 bits per heavy atom. The van der Waals surface area contributed by atoms with Crippen molar-refractivity contribution in [3.8, 4) is 12.8 Å². The molecule has 0 aromatic heterocycles. The van der Waals surface area contributed by atoms with E-state index in [0.29, 0.717) is 0 Å². The van der Waals surface area contributed by atoms with Crippen molar-refractivity contribution in [2.75, 3.05) is 0 Å². The van der Waals surface area contributed by atoms with Crippen LogP contribution in [-0.4, -0.2) is 0 Å². The summed E-state index contributed by atoms with van der Waals surface area (Å²) in [6.07, 6.45) is 24.0. The summed E-state index contributed by atoms with van der Waals surface area (Å²) >= 11 is 0. The van der Waals surface area contributed by atoms with Crippen molar-refractivity contribution in [1.29, 1.82) is 0 Å². The Morgan fingerprint density at radius 1 is 0.400 bits per heavy atom. The molecule has 0 atom stereocenters. The smallest absolute Gasteiger partial charge is 0.0623 e. The monoisotopic (exact) mass is 130 g/mol. The molecule has 0 heterocycles. The summed E-state index contributed by atoms with van der Waals surface area (Å²) in [6, 6.07) is 0. The first-order chi connectivity index (χ1) is 5.00. The number of terminal acetylenes is 1. The largest absolute Gasteiger partial charge is 0.124 e. The molecule has 1 aliphatic rings. The van der Waals surface area contributed by atoms with Crippen LogP contribution in [0, 0.1) is 12.8 Å². The van der Waals surface area contributed by atoms with Gasteiger partial charge in [0.15, 0.2) is 0 Å². The van der Waals surface area contributed by atoms with E-state index in [1.807, 2.05) is 48.6 Å². The number of allylic oxidation sites excluding steroid dienone is 8. The molecule has 10 heavy (non-hydrogen) atoms. The Bertz CT molecular complexity index is 131. The van der Waals surface area contributed by atoms with Gasteiger partial charge in [0.05, 0.1) is 0 Å². The van der Waals surface area contributed by atoms with Crippen molar-refractivity contribution in [1.82, 2.24) is 0 Å². The zero-order chi connectivity index (χ0) is 7.66. The van der Waals surface area contributed by atoms with Crippen LogP contribution in [0.25, 0.3) is 0 Å². The van der Waals surface area contributed by atoms with Crippen LogP contribution in [0.5, 0.6) is 0 Å². The second-order valence-electron chi connectivity index (χ2n) is 1.54. The van der Waals surface area contributed by atoms with Crippen molar-refractivity contribution in [2.45, 2.75) is 0 Å². The average Bonchev–Trinajstić information content (AvgIpc) is 1.90. The van der Waals surface area contributed by atoms with E-state index >= 15 is 0 Å². The van der Waals surface area contributed by atoms with Crippen LogP contribution < -0.4 is 0 Å². The molecule has 0 aliphatic heterocycles. The van der Waals surface area contributed by atoms with Gasteiger partial charge < -0.3 is 0 Å². The second-order valence-corrected chi connectivity index (χ2v) is 1.54. The van der Waals surface area contributed by atoms with E-state index < -0.39 is 0 Å². The molecular formula is C10H10. The lowest BCUT2D eigenvalue weighted by atomic mass is 10.3. The molecule has 0 heteroatoms. The quantitative estimate of drug-likeness (QED) is 0.442. The van der Waals surface area contributed by atoms with Crippen LogP contribution in [0.2, 0.25) is 0 Å². The fourth-order valence-corrected chi connectivity index (χ4v) is 0.513. The molecule has 1 aliphatic carbocycles. The van der Waals surface area contributed by atoms with Crippen LogP contribution in [0.1, 0.15) is 0 Å². The lowest BCUT2D eigenvalue weighted by molar-refractivity contribution is 1.81. The molecule has 50 valence electrons. The highest BCUT2D eigenvalue weighted by molar-refractivity contribution is 5.23. The molecule has 0 saturated heterocycles. The van der Waals surface area contributed by atoms with Crippen LogP contribution in [-0.2, 0) is 0 Å². The highest BCUT2D eigenvalue weighted by Crippen LogP contribution is 1.87. The molecular weight excluding hydrogens is 120 g/mol. The predicted molar refractivity (Wildman–Crippen MR) is 46.5 cm³/mol. The van der Waals surface area contributed by atoms with E-state index in [2.05, 4.69) is 12.8 Å². The molecule has 0 bridgehead atoms. The Balaban J connectivity index is 0.000000371. The van der Waals surface area contributed by atoms with Gasteiger partial charge in [-0.1, -0.05) is 48.6 Å². The molecule has 0 N–H and O–H groups in total. The molecule has 0 amide bonds. The minimum Gasteiger partial charge on any atom is -0.124 e. The van der Waals surface area contributed by atoms with Crippen LogP contribution >= 0.6 is 0 Å². The van der Waals surface area contributed by atoms with E-state index in [4.69, 9.17) is 0 Å². The van der Waals surface area contributed by atoms with Crippen molar-refractivity contribution in [2.24, 2.45) is 0 Å². The van der Waals surface area contributed by atoms with Crippen molar-refractivity contribution in [3.05, 3.63) is 48.6 Å². The van der Waals surface area contributed by atoms with Crippen molar-refractivity contribution in [3.63, 3.8) is 0 Å². The zero-order valence-corrected chi connectivity index (χ0v) is 5.77. The third kappa shape index (κ3) is 4.67. The first kappa shape index (κ1) is 8.52. The number of hydrogen-bond acceptors (Lipinski definition) is 0. The molecule has 0 radical (unpaired) electrons. The zero-order valence-electron chi connectivity index (χ0n) is 5.77. The maximum absolute atomic E-state index is 4.00. The number of rotatable bonds is 0. The summed E-state index contributed by atoms with van der Waals surface area (Å²) in [6.45, 7) is 0. The summed E-state index contributed by atoms with van der Waals surface area (Å²) in [7, 11) is 0. The maximum atomic E-state index is 4.00. The summed E-state index contributed by atoms with van der Waals surface area (Å²) < 4.78 is 0. The molecule has 0 nitrogen and oxygen atoms in total. The van der Waals surface area contributed by atoms with E-state index in [0.717, 1.165) is 0 Å². The van der Waals surface area contributed by atoms with Gasteiger partial charge in [-0.05, 0) is 0 Å². The van der Waals surface area contributed by atoms with Crippen LogP contribution in [0.4, 0.5) is 0 Å². The molecule has 0 fully saturated rings. The topological polar surface area (TPSA) is 0 Å². The van der Waals surface area contributed by atoms with Gasteiger partial charge in [0.1, 0.15) is 0 Å². The van der Waals surface area contributed by atoms with E-state index in [1.54, 1.807) is 0 Å². The minimum atomic E-state index is 2.00. The number of hydrogen-bond donors (Lipinski definition) is 0. The molecule has 1 rings (SSSR count). The fourth-order valence-electron chi connectivity index (χ4n) is 0.513. The maximum Gasteiger partial charge on any atom is -0.0623 e. The van der Waals surface area contributed by atoms with Crippen LogP contribution in [0.15, 0.2) is 48.6 Å². The van der Waals surface area contributed by atoms with Gasteiger partial charge in [-0.3, -0.25) is 0 Å². The van der Waals surface area contributed by atoms with Crippen molar-refractivity contribution < 1.29 is 0 Å². The molecule has 0 aromatic rings. The van der Waals surface area contributed by atoms with E-state index in [-0.39, 0.29) is 0 Å². The lowest BCUT2D eigenvalue weighted by Gasteiger charge is -1.77. The normalized spacial score (nSPS) is 25.8. The lowest BCUT2D eigenvalue weighted by Crippen LogP contribution is -1.55. The van der Waals surface area contributed by atoms with Gasteiger partial charge in [0.25, 0.3) is 0 Å². The minimum absolute atomic E-state index is 2.00. The molecule has 0 spiro atoms. The summed E-state index contributed by atoms with van der Waals surface area (Å²) in [4.78, 5) is 0. The van der Waals surface area contributed by atoms with Gasteiger partial charge in [-0.2, -0.15) is 0 Å². The summed E-state index contributed by atoms with van der Waals surface area (Å²) in [5.41, 5.74) is 0. The summed E-state index contributed by atoms with van der Waals surface area (Å²) in [5.74, 6) is 0. The van der Waals surface area contributed by atoms with Gasteiger partial charge in [0.2, 0.25) is 0 Å². The van der Waals surface area contributed by atoms with Gasteiger partial charge in [-0.25, -0.2) is 0 Å². The summed E-state index contributed by atoms with van der Waals surface area (Å²) in [5, 5.41) is 0. The SMILES string of the molecule is C#C.C1=C\C=C/C=C\C=C/1. The first-order valence-corrected chi connectivity index (χ1v) is 3.00. The van der Waals surface area contributed by atoms with E-state index in [1.165, 1.54) is 0 Å².